The lowest BCUT2D eigenvalue weighted by molar-refractivity contribution is -0.0502. The van der Waals surface area contributed by atoms with Crippen molar-refractivity contribution in [1.82, 2.24) is 19.5 Å². The largest absolute Gasteiger partial charge is 0.470 e. The average molecular weight is 427 g/mol. The Morgan fingerprint density at radius 3 is 2.52 bits per heavy atom. The highest BCUT2D eigenvalue weighted by Gasteiger charge is 2.49. The van der Waals surface area contributed by atoms with Crippen molar-refractivity contribution in [3.8, 4) is 0 Å². The van der Waals surface area contributed by atoms with Gasteiger partial charge in [-0.15, -0.1) is 0 Å². The number of nitrogens with zero attached hydrogens (tertiary/aromatic N) is 4. The number of phosphoric ester groups is 2. The molecule has 1 aliphatic heterocycles. The predicted octanol–water partition coefficient (Wildman–Crippen LogP) is -1.75. The highest BCUT2D eigenvalue weighted by molar-refractivity contribution is 7.46. The van der Waals surface area contributed by atoms with E-state index in [0.717, 1.165) is 6.33 Å². The minimum absolute atomic E-state index is 0.0515. The second-order valence-electron chi connectivity index (χ2n) is 5.49. The molecule has 2 aromatic rings. The van der Waals surface area contributed by atoms with Crippen molar-refractivity contribution in [3.63, 3.8) is 0 Å². The summed E-state index contributed by atoms with van der Waals surface area (Å²) >= 11 is 0. The maximum atomic E-state index is 11.2. The molecule has 0 saturated carbocycles. The van der Waals surface area contributed by atoms with E-state index in [0.29, 0.717) is 0 Å². The number of ether oxygens (including phenoxy) is 1. The SMILES string of the molecule is Nc1ncnc2c1ncn2[C@@H]1O[C@@H](COP(=O)(O)O)[C@H](OP(=O)(O)O)[C@H]1O. The Morgan fingerprint density at radius 1 is 1.19 bits per heavy atom. The van der Waals surface area contributed by atoms with Crippen molar-refractivity contribution >= 4 is 32.6 Å². The molecule has 150 valence electrons. The number of hydrogen-bond acceptors (Lipinski definition) is 10. The van der Waals surface area contributed by atoms with Crippen LogP contribution in [0.3, 0.4) is 0 Å². The number of aromatic nitrogens is 4. The van der Waals surface area contributed by atoms with Crippen LogP contribution in [0.25, 0.3) is 11.2 Å². The number of rotatable bonds is 6. The fourth-order valence-electron chi connectivity index (χ4n) is 2.60. The predicted molar refractivity (Wildman–Crippen MR) is 84.6 cm³/mol. The van der Waals surface area contributed by atoms with Crippen molar-refractivity contribution in [3.05, 3.63) is 12.7 Å². The number of hydrogen-bond donors (Lipinski definition) is 6. The maximum Gasteiger partial charge on any atom is 0.470 e. The highest BCUT2D eigenvalue weighted by Crippen LogP contribution is 2.45. The van der Waals surface area contributed by atoms with Crippen molar-refractivity contribution < 1.29 is 47.6 Å². The minimum atomic E-state index is -5.07. The van der Waals surface area contributed by atoms with Crippen LogP contribution in [-0.4, -0.2) is 69.1 Å². The lowest BCUT2D eigenvalue weighted by atomic mass is 10.1. The molecule has 0 aliphatic carbocycles. The molecule has 0 radical (unpaired) electrons. The molecule has 1 aliphatic rings. The van der Waals surface area contributed by atoms with E-state index in [1.807, 2.05) is 0 Å². The molecule has 1 fully saturated rings. The van der Waals surface area contributed by atoms with Gasteiger partial charge in [0.15, 0.2) is 17.7 Å². The normalized spacial score (nSPS) is 26.7. The fourth-order valence-corrected chi connectivity index (χ4v) is 3.52. The van der Waals surface area contributed by atoms with Crippen LogP contribution in [0.5, 0.6) is 0 Å². The van der Waals surface area contributed by atoms with Crippen LogP contribution < -0.4 is 5.73 Å². The molecular formula is C10H15N5O10P2. The Morgan fingerprint density at radius 2 is 1.89 bits per heavy atom. The first-order chi connectivity index (χ1) is 12.5. The second-order valence-corrected chi connectivity index (χ2v) is 7.92. The lowest BCUT2D eigenvalue weighted by Gasteiger charge is -2.20. The third kappa shape index (κ3) is 4.50. The van der Waals surface area contributed by atoms with Gasteiger partial charge < -0.3 is 35.2 Å². The van der Waals surface area contributed by atoms with Gasteiger partial charge in [0.2, 0.25) is 0 Å². The van der Waals surface area contributed by atoms with Gasteiger partial charge in [-0.2, -0.15) is 0 Å². The Labute approximate surface area is 150 Å². The van der Waals surface area contributed by atoms with E-state index >= 15 is 0 Å². The monoisotopic (exact) mass is 427 g/mol. The summed E-state index contributed by atoms with van der Waals surface area (Å²) in [7, 11) is -9.98. The number of aliphatic hydroxyl groups excluding tert-OH is 1. The molecule has 0 spiro atoms. The molecule has 0 aromatic carbocycles. The van der Waals surface area contributed by atoms with Crippen LogP contribution in [0.15, 0.2) is 12.7 Å². The van der Waals surface area contributed by atoms with Gasteiger partial charge in [-0.05, 0) is 0 Å². The summed E-state index contributed by atoms with van der Waals surface area (Å²) in [5, 5.41) is 10.4. The molecule has 0 amide bonds. The molecule has 15 nitrogen and oxygen atoms in total. The second kappa shape index (κ2) is 7.14. The molecule has 0 unspecified atom stereocenters. The molecule has 7 N–H and O–H groups in total. The first-order valence-corrected chi connectivity index (χ1v) is 10.2. The Kier molecular flexibility index (Phi) is 5.35. The molecule has 4 atom stereocenters. The van der Waals surface area contributed by atoms with Gasteiger partial charge >= 0.3 is 15.6 Å². The van der Waals surface area contributed by atoms with Gasteiger partial charge in [0, 0.05) is 0 Å². The summed E-state index contributed by atoms with van der Waals surface area (Å²) in [6.07, 6.45) is -3.75. The van der Waals surface area contributed by atoms with E-state index < -0.39 is 46.8 Å². The first kappa shape index (κ1) is 20.2. The lowest BCUT2D eigenvalue weighted by Crippen LogP contribution is -2.35. The van der Waals surface area contributed by atoms with E-state index in [-0.39, 0.29) is 17.0 Å². The number of aliphatic hydroxyl groups is 1. The third-order valence-electron chi connectivity index (χ3n) is 3.64. The number of fused-ring (bicyclic) bond motifs is 1. The first-order valence-electron chi connectivity index (χ1n) is 7.17. The molecule has 2 aromatic heterocycles. The van der Waals surface area contributed by atoms with Crippen LogP contribution >= 0.6 is 15.6 Å². The van der Waals surface area contributed by atoms with Crippen molar-refractivity contribution in [1.29, 1.82) is 0 Å². The topological polar surface area (TPSA) is 233 Å². The molecule has 1 saturated heterocycles. The standard InChI is InChI=1S/C10H15N5O10P2/c11-8-5-9(13-2-12-8)15(3-14-5)10-6(16)7(25-27(20,21)22)4(24-10)1-23-26(17,18)19/h2-4,6-7,10,16H,1H2,(H2,11,12,13)(H2,17,18,19)(H2,20,21,22)/t4-,6+,7-,10+/m0/s1. The van der Waals surface area contributed by atoms with Crippen LogP contribution in [0, 0.1) is 0 Å². The van der Waals surface area contributed by atoms with Crippen molar-refractivity contribution in [2.45, 2.75) is 24.5 Å². The van der Waals surface area contributed by atoms with E-state index in [4.69, 9.17) is 30.0 Å². The number of nitrogen functional groups attached to an aromatic ring is 1. The van der Waals surface area contributed by atoms with Crippen LogP contribution in [0.4, 0.5) is 5.82 Å². The number of nitrogens with two attached hydrogens (primary N) is 1. The molecule has 0 bridgehead atoms. The van der Waals surface area contributed by atoms with Gasteiger partial charge in [0.1, 0.15) is 30.2 Å². The summed E-state index contributed by atoms with van der Waals surface area (Å²) in [6, 6.07) is 0. The third-order valence-corrected chi connectivity index (χ3v) is 4.64. The van der Waals surface area contributed by atoms with E-state index in [1.165, 1.54) is 10.9 Å². The fraction of sp³-hybridized carbons (Fsp3) is 0.500. The Balaban J connectivity index is 1.93. The van der Waals surface area contributed by atoms with Gasteiger partial charge in [-0.3, -0.25) is 13.6 Å². The smallest absolute Gasteiger partial charge is 0.386 e. The van der Waals surface area contributed by atoms with Crippen LogP contribution in [-0.2, 0) is 22.9 Å². The van der Waals surface area contributed by atoms with Gasteiger partial charge in [0.05, 0.1) is 12.9 Å². The Bertz CT molecular complexity index is 926. The van der Waals surface area contributed by atoms with E-state index in [2.05, 4.69) is 24.0 Å². The van der Waals surface area contributed by atoms with Gasteiger partial charge in [-0.1, -0.05) is 0 Å². The summed E-state index contributed by atoms with van der Waals surface area (Å²) < 4.78 is 37.6. The van der Waals surface area contributed by atoms with E-state index in [9.17, 15) is 14.2 Å². The van der Waals surface area contributed by atoms with Gasteiger partial charge in [-0.25, -0.2) is 24.1 Å². The summed E-state index contributed by atoms with van der Waals surface area (Å²) in [6.45, 7) is -0.813. The zero-order valence-electron chi connectivity index (χ0n) is 13.2. The van der Waals surface area contributed by atoms with Crippen molar-refractivity contribution in [2.24, 2.45) is 0 Å². The number of imidazole rings is 1. The zero-order valence-corrected chi connectivity index (χ0v) is 15.0. The molecule has 27 heavy (non-hydrogen) atoms. The maximum absolute atomic E-state index is 11.2. The summed E-state index contributed by atoms with van der Waals surface area (Å²) in [4.78, 5) is 47.4. The van der Waals surface area contributed by atoms with Crippen molar-refractivity contribution in [2.75, 3.05) is 12.3 Å². The quantitative estimate of drug-likeness (QED) is 0.281. The van der Waals surface area contributed by atoms with Crippen LogP contribution in [0.2, 0.25) is 0 Å². The average Bonchev–Trinajstić information content (AvgIpc) is 3.07. The molecule has 17 heteroatoms. The minimum Gasteiger partial charge on any atom is -0.386 e. The molecular weight excluding hydrogens is 412 g/mol. The number of anilines is 1. The molecule has 3 rings (SSSR count). The molecule has 3 heterocycles. The summed E-state index contributed by atoms with van der Waals surface area (Å²) in [5.74, 6) is 0.0515. The number of phosphoric acid groups is 2. The summed E-state index contributed by atoms with van der Waals surface area (Å²) in [5.41, 5.74) is 6.01. The zero-order chi connectivity index (χ0) is 20.0. The van der Waals surface area contributed by atoms with E-state index in [1.54, 1.807) is 0 Å². The van der Waals surface area contributed by atoms with Crippen LogP contribution in [0.1, 0.15) is 6.23 Å². The highest BCUT2D eigenvalue weighted by atomic mass is 31.2. The van der Waals surface area contributed by atoms with Gasteiger partial charge in [0.25, 0.3) is 0 Å². The Hall–Kier alpha value is -1.51.